The van der Waals surface area contributed by atoms with E-state index in [9.17, 15) is 4.79 Å². The molecule has 0 fully saturated rings. The molecule has 1 aromatic rings. The van der Waals surface area contributed by atoms with E-state index in [-0.39, 0.29) is 11.8 Å². The van der Waals surface area contributed by atoms with Crippen molar-refractivity contribution in [2.75, 3.05) is 19.1 Å². The van der Waals surface area contributed by atoms with E-state index >= 15 is 0 Å². The third-order valence-electron chi connectivity index (χ3n) is 3.00. The minimum absolute atomic E-state index is 0.0419. The summed E-state index contributed by atoms with van der Waals surface area (Å²) in [6.45, 7) is 3.47. The maximum atomic E-state index is 11.8. The van der Waals surface area contributed by atoms with Crippen LogP contribution < -0.4 is 9.64 Å². The first-order valence-corrected chi connectivity index (χ1v) is 5.80. The number of methoxy groups -OCH3 is 1. The Hall–Kier alpha value is -2.02. The van der Waals surface area contributed by atoms with Crippen LogP contribution in [0.2, 0.25) is 0 Å². The third-order valence-corrected chi connectivity index (χ3v) is 3.00. The fourth-order valence-electron chi connectivity index (χ4n) is 1.84. The second-order valence-corrected chi connectivity index (χ2v) is 4.23. The first kappa shape index (κ1) is 14.0. The highest BCUT2D eigenvalue weighted by molar-refractivity contribution is 6.02. The molecule has 1 rings (SSSR count). The van der Waals surface area contributed by atoms with Crippen LogP contribution in [0, 0.1) is 11.3 Å². The molecule has 0 aromatic heterocycles. The lowest BCUT2D eigenvalue weighted by molar-refractivity contribution is 0.101. The van der Waals surface area contributed by atoms with Crippen LogP contribution in [0.5, 0.6) is 5.75 Å². The number of carbonyl (C=O) groups excluding carboxylic acids is 1. The van der Waals surface area contributed by atoms with Gasteiger partial charge in [0.2, 0.25) is 0 Å². The van der Waals surface area contributed by atoms with Crippen molar-refractivity contribution in [1.29, 1.82) is 5.26 Å². The molecule has 96 valence electrons. The van der Waals surface area contributed by atoms with Crippen LogP contribution in [0.4, 0.5) is 5.69 Å². The highest BCUT2D eigenvalue weighted by atomic mass is 16.5. The molecule has 0 N–H and O–H groups in total. The van der Waals surface area contributed by atoms with Crippen molar-refractivity contribution in [1.82, 2.24) is 0 Å². The normalized spacial score (nSPS) is 11.5. The highest BCUT2D eigenvalue weighted by Crippen LogP contribution is 2.30. The van der Waals surface area contributed by atoms with Crippen molar-refractivity contribution in [3.05, 3.63) is 23.8 Å². The number of hydrogen-bond donors (Lipinski definition) is 0. The Kier molecular flexibility index (Phi) is 4.73. The van der Waals surface area contributed by atoms with Crippen LogP contribution in [0.3, 0.4) is 0 Å². The van der Waals surface area contributed by atoms with E-state index < -0.39 is 0 Å². The second kappa shape index (κ2) is 6.06. The van der Waals surface area contributed by atoms with Crippen molar-refractivity contribution in [2.45, 2.75) is 26.3 Å². The Morgan fingerprint density at radius 1 is 1.56 bits per heavy atom. The first-order valence-electron chi connectivity index (χ1n) is 5.80. The number of Topliss-reactive ketones (excluding diaryl/α,β-unsaturated/α-hetero) is 1. The molecule has 0 saturated carbocycles. The number of ether oxygens (including phenoxy) is 1. The van der Waals surface area contributed by atoms with Gasteiger partial charge in [0.1, 0.15) is 5.75 Å². The minimum Gasteiger partial charge on any atom is -0.496 e. The molecule has 0 amide bonds. The van der Waals surface area contributed by atoms with Crippen molar-refractivity contribution in [3.63, 3.8) is 0 Å². The summed E-state index contributed by atoms with van der Waals surface area (Å²) in [7, 11) is 3.42. The molecule has 0 heterocycles. The van der Waals surface area contributed by atoms with E-state index in [1.807, 2.05) is 31.0 Å². The maximum absolute atomic E-state index is 11.8. The van der Waals surface area contributed by atoms with Crippen LogP contribution in [0.1, 0.15) is 30.6 Å². The van der Waals surface area contributed by atoms with E-state index in [0.29, 0.717) is 17.7 Å². The number of benzene rings is 1. The van der Waals surface area contributed by atoms with Crippen LogP contribution in [0.25, 0.3) is 0 Å². The van der Waals surface area contributed by atoms with Crippen LogP contribution >= 0.6 is 0 Å². The number of carbonyl (C=O) groups is 1. The molecule has 0 spiro atoms. The Labute approximate surface area is 108 Å². The summed E-state index contributed by atoms with van der Waals surface area (Å²) in [6.07, 6.45) is 0.408. The maximum Gasteiger partial charge on any atom is 0.165 e. The van der Waals surface area contributed by atoms with Gasteiger partial charge < -0.3 is 9.64 Å². The molecule has 0 aliphatic carbocycles. The summed E-state index contributed by atoms with van der Waals surface area (Å²) >= 11 is 0. The van der Waals surface area contributed by atoms with E-state index in [1.165, 1.54) is 6.92 Å². The van der Waals surface area contributed by atoms with Gasteiger partial charge in [0.05, 0.1) is 30.9 Å². The molecule has 0 radical (unpaired) electrons. The summed E-state index contributed by atoms with van der Waals surface area (Å²) in [5.74, 6) is 0.523. The largest absolute Gasteiger partial charge is 0.496 e. The first-order chi connectivity index (χ1) is 8.52. The van der Waals surface area contributed by atoms with Crippen LogP contribution in [0.15, 0.2) is 18.2 Å². The van der Waals surface area contributed by atoms with Gasteiger partial charge in [-0.2, -0.15) is 5.26 Å². The van der Waals surface area contributed by atoms with Gasteiger partial charge in [0.25, 0.3) is 0 Å². The van der Waals surface area contributed by atoms with E-state index in [2.05, 4.69) is 6.07 Å². The molecule has 1 unspecified atom stereocenters. The Morgan fingerprint density at radius 2 is 2.22 bits per heavy atom. The standard InChI is InChI=1S/C14H18N2O2/c1-10(8-9-15)16(3)12-6-5-7-13(18-4)14(12)11(2)17/h5-7,10H,8H2,1-4H3. The van der Waals surface area contributed by atoms with E-state index in [4.69, 9.17) is 10.00 Å². The molecule has 4 heteroatoms. The Bertz CT molecular complexity index is 477. The average Bonchev–Trinajstić information content (AvgIpc) is 2.36. The van der Waals surface area contributed by atoms with Gasteiger partial charge in [-0.05, 0) is 26.0 Å². The number of hydrogen-bond acceptors (Lipinski definition) is 4. The second-order valence-electron chi connectivity index (χ2n) is 4.23. The van der Waals surface area contributed by atoms with Crippen molar-refractivity contribution in [3.8, 4) is 11.8 Å². The van der Waals surface area contributed by atoms with Crippen molar-refractivity contribution in [2.24, 2.45) is 0 Å². The highest BCUT2D eigenvalue weighted by Gasteiger charge is 2.19. The molecule has 4 nitrogen and oxygen atoms in total. The number of anilines is 1. The Balaban J connectivity index is 3.24. The zero-order chi connectivity index (χ0) is 13.7. The lowest BCUT2D eigenvalue weighted by atomic mass is 10.1. The van der Waals surface area contributed by atoms with Gasteiger partial charge in [-0.25, -0.2) is 0 Å². The Morgan fingerprint density at radius 3 is 2.72 bits per heavy atom. The smallest absolute Gasteiger partial charge is 0.165 e. The summed E-state index contributed by atoms with van der Waals surface area (Å²) in [6, 6.07) is 7.66. The van der Waals surface area contributed by atoms with Crippen molar-refractivity contribution < 1.29 is 9.53 Å². The lowest BCUT2D eigenvalue weighted by Crippen LogP contribution is -2.29. The molecule has 0 aliphatic rings. The molecule has 1 atom stereocenters. The van der Waals surface area contributed by atoms with E-state index in [0.717, 1.165) is 5.69 Å². The number of rotatable bonds is 5. The summed E-state index contributed by atoms with van der Waals surface area (Å²) < 4.78 is 5.22. The molecule has 18 heavy (non-hydrogen) atoms. The predicted octanol–water partition coefficient (Wildman–Crippen LogP) is 2.64. The van der Waals surface area contributed by atoms with Crippen molar-refractivity contribution >= 4 is 11.5 Å². The number of ketones is 1. The predicted molar refractivity (Wildman–Crippen MR) is 71.1 cm³/mol. The van der Waals surface area contributed by atoms with Gasteiger partial charge >= 0.3 is 0 Å². The van der Waals surface area contributed by atoms with Gasteiger partial charge in [-0.1, -0.05) is 6.07 Å². The summed E-state index contributed by atoms with van der Waals surface area (Å²) in [5, 5.41) is 8.74. The zero-order valence-corrected chi connectivity index (χ0v) is 11.2. The number of nitriles is 1. The van der Waals surface area contributed by atoms with Gasteiger partial charge in [-0.15, -0.1) is 0 Å². The SMILES string of the molecule is COc1cccc(N(C)C(C)CC#N)c1C(C)=O. The molecular weight excluding hydrogens is 228 g/mol. The monoisotopic (exact) mass is 246 g/mol. The molecule has 0 aliphatic heterocycles. The minimum atomic E-state index is -0.0431. The van der Waals surface area contributed by atoms with Gasteiger partial charge in [0.15, 0.2) is 5.78 Å². The van der Waals surface area contributed by atoms with Crippen LogP contribution in [-0.2, 0) is 0 Å². The van der Waals surface area contributed by atoms with Crippen LogP contribution in [-0.4, -0.2) is 26.0 Å². The topological polar surface area (TPSA) is 53.3 Å². The summed E-state index contributed by atoms with van der Waals surface area (Å²) in [5.41, 5.74) is 1.36. The zero-order valence-electron chi connectivity index (χ0n) is 11.2. The lowest BCUT2D eigenvalue weighted by Gasteiger charge is -2.27. The molecular formula is C14H18N2O2. The quantitative estimate of drug-likeness (QED) is 0.749. The number of nitrogens with zero attached hydrogens (tertiary/aromatic N) is 2. The summed E-state index contributed by atoms with van der Waals surface area (Å²) in [4.78, 5) is 13.7. The van der Waals surface area contributed by atoms with Gasteiger partial charge in [-0.3, -0.25) is 4.79 Å². The molecule has 0 saturated heterocycles. The third kappa shape index (κ3) is 2.80. The molecule has 1 aromatic carbocycles. The fourth-order valence-corrected chi connectivity index (χ4v) is 1.84. The van der Waals surface area contributed by atoms with Gasteiger partial charge in [0, 0.05) is 13.1 Å². The molecule has 0 bridgehead atoms. The average molecular weight is 246 g/mol. The fraction of sp³-hybridized carbons (Fsp3) is 0.429. The van der Waals surface area contributed by atoms with E-state index in [1.54, 1.807) is 13.2 Å².